The molecular weight excluding hydrogens is 390 g/mol. The van der Waals surface area contributed by atoms with Crippen molar-refractivity contribution in [3.05, 3.63) is 57.0 Å². The number of carbonyl (C=O) groups excluding carboxylic acids is 1. The highest BCUT2D eigenvalue weighted by molar-refractivity contribution is 9.10. The quantitative estimate of drug-likeness (QED) is 0.626. The minimum absolute atomic E-state index is 0.185. The van der Waals surface area contributed by atoms with Crippen LogP contribution in [0.4, 0.5) is 5.69 Å². The maximum Gasteiger partial charge on any atom is 0.255 e. The van der Waals surface area contributed by atoms with Crippen LogP contribution in [-0.4, -0.2) is 12.5 Å². The van der Waals surface area contributed by atoms with Crippen LogP contribution < -0.4 is 10.1 Å². The Labute approximate surface area is 156 Å². The van der Waals surface area contributed by atoms with Gasteiger partial charge >= 0.3 is 0 Å². The highest BCUT2D eigenvalue weighted by Crippen LogP contribution is 2.27. The van der Waals surface area contributed by atoms with Gasteiger partial charge in [0.1, 0.15) is 5.75 Å². The van der Waals surface area contributed by atoms with Crippen LogP contribution in [0.5, 0.6) is 5.75 Å². The van der Waals surface area contributed by atoms with E-state index in [1.54, 1.807) is 24.3 Å². The van der Waals surface area contributed by atoms with Gasteiger partial charge in [0.15, 0.2) is 0 Å². The summed E-state index contributed by atoms with van der Waals surface area (Å²) in [5.74, 6) is 1.15. The van der Waals surface area contributed by atoms with Crippen LogP contribution in [0.2, 0.25) is 5.02 Å². The number of ether oxygens (including phenoxy) is 1. The number of halogens is 2. The lowest BCUT2D eigenvalue weighted by Gasteiger charge is -2.12. The van der Waals surface area contributed by atoms with Crippen molar-refractivity contribution in [2.75, 3.05) is 11.9 Å². The molecule has 0 radical (unpaired) electrons. The van der Waals surface area contributed by atoms with Gasteiger partial charge in [-0.25, -0.2) is 0 Å². The lowest BCUT2D eigenvalue weighted by molar-refractivity contribution is 0.102. The van der Waals surface area contributed by atoms with Crippen molar-refractivity contribution in [2.24, 2.45) is 5.92 Å². The number of anilines is 1. The summed E-state index contributed by atoms with van der Waals surface area (Å²) in [6, 6.07) is 10.7. The lowest BCUT2D eigenvalue weighted by Crippen LogP contribution is -2.13. The summed E-state index contributed by atoms with van der Waals surface area (Å²) in [4.78, 5) is 12.4. The second kappa shape index (κ2) is 8.54. The molecule has 0 spiro atoms. The third-order valence-electron chi connectivity index (χ3n) is 3.59. The number of hydrogen-bond donors (Lipinski definition) is 1. The first-order valence-electron chi connectivity index (χ1n) is 7.86. The summed E-state index contributed by atoms with van der Waals surface area (Å²) in [6.45, 7) is 6.89. The Kier molecular flexibility index (Phi) is 6.69. The zero-order valence-electron chi connectivity index (χ0n) is 14.0. The van der Waals surface area contributed by atoms with Crippen LogP contribution in [0.25, 0.3) is 0 Å². The van der Waals surface area contributed by atoms with E-state index in [2.05, 4.69) is 35.1 Å². The van der Waals surface area contributed by atoms with Crippen LogP contribution in [0, 0.1) is 12.8 Å². The van der Waals surface area contributed by atoms with E-state index >= 15 is 0 Å². The van der Waals surface area contributed by atoms with Gasteiger partial charge in [0.25, 0.3) is 5.91 Å². The molecule has 5 heteroatoms. The molecule has 0 aliphatic heterocycles. The molecule has 0 aliphatic rings. The van der Waals surface area contributed by atoms with Crippen molar-refractivity contribution < 1.29 is 9.53 Å². The van der Waals surface area contributed by atoms with Crippen molar-refractivity contribution in [3.63, 3.8) is 0 Å². The predicted molar refractivity (Wildman–Crippen MR) is 103 cm³/mol. The molecule has 1 amide bonds. The predicted octanol–water partition coefficient (Wildman–Crippen LogP) is 6.09. The number of carbonyl (C=O) groups is 1. The summed E-state index contributed by atoms with van der Waals surface area (Å²) < 4.78 is 6.50. The van der Waals surface area contributed by atoms with Crippen LogP contribution in [0.15, 0.2) is 40.9 Å². The van der Waals surface area contributed by atoms with E-state index in [9.17, 15) is 4.79 Å². The van der Waals surface area contributed by atoms with Crippen molar-refractivity contribution in [3.8, 4) is 5.75 Å². The summed E-state index contributed by atoms with van der Waals surface area (Å²) in [6.07, 6.45) is 0.989. The van der Waals surface area contributed by atoms with E-state index in [1.165, 1.54) is 0 Å². The van der Waals surface area contributed by atoms with Crippen LogP contribution in [0.3, 0.4) is 0 Å². The molecule has 0 unspecified atom stereocenters. The van der Waals surface area contributed by atoms with Crippen LogP contribution in [0.1, 0.15) is 36.2 Å². The fraction of sp³-hybridized carbons (Fsp3) is 0.316. The van der Waals surface area contributed by atoms with Gasteiger partial charge in [0.2, 0.25) is 0 Å². The standard InChI is InChI=1S/C19H21BrClNO2/c1-12(2)8-9-24-18-7-5-14(10-16(18)20)19(23)22-17-11-15(21)6-4-13(17)3/h4-7,10-12H,8-9H2,1-3H3,(H,22,23). The molecule has 0 bridgehead atoms. The number of hydrogen-bond acceptors (Lipinski definition) is 2. The summed E-state index contributed by atoms with van der Waals surface area (Å²) >= 11 is 9.46. The van der Waals surface area contributed by atoms with Gasteiger partial charge in [-0.3, -0.25) is 4.79 Å². The summed E-state index contributed by atoms with van der Waals surface area (Å²) in [7, 11) is 0. The number of amides is 1. The Balaban J connectivity index is 2.07. The topological polar surface area (TPSA) is 38.3 Å². The molecule has 3 nitrogen and oxygen atoms in total. The number of rotatable bonds is 6. The second-order valence-electron chi connectivity index (χ2n) is 6.09. The fourth-order valence-electron chi connectivity index (χ4n) is 2.09. The number of benzene rings is 2. The Morgan fingerprint density at radius 1 is 1.25 bits per heavy atom. The molecule has 0 atom stereocenters. The molecule has 128 valence electrons. The third-order valence-corrected chi connectivity index (χ3v) is 4.45. The molecule has 0 saturated heterocycles. The minimum atomic E-state index is -0.185. The summed E-state index contributed by atoms with van der Waals surface area (Å²) in [5.41, 5.74) is 2.22. The molecule has 0 saturated carbocycles. The first-order chi connectivity index (χ1) is 11.4. The average Bonchev–Trinajstić information content (AvgIpc) is 2.52. The van der Waals surface area contributed by atoms with Crippen molar-refractivity contribution in [2.45, 2.75) is 27.2 Å². The van der Waals surface area contributed by atoms with Crippen LogP contribution >= 0.6 is 27.5 Å². The molecule has 0 heterocycles. The molecule has 2 rings (SSSR count). The van der Waals surface area contributed by atoms with E-state index in [0.29, 0.717) is 28.8 Å². The van der Waals surface area contributed by atoms with Crippen LogP contribution in [-0.2, 0) is 0 Å². The zero-order valence-corrected chi connectivity index (χ0v) is 16.4. The van der Waals surface area contributed by atoms with Gasteiger partial charge in [-0.05, 0) is 71.1 Å². The molecule has 1 N–H and O–H groups in total. The highest BCUT2D eigenvalue weighted by Gasteiger charge is 2.11. The monoisotopic (exact) mass is 409 g/mol. The molecular formula is C19H21BrClNO2. The fourth-order valence-corrected chi connectivity index (χ4v) is 2.75. The molecule has 2 aromatic rings. The van der Waals surface area contributed by atoms with Crippen molar-refractivity contribution >= 4 is 39.1 Å². The normalized spacial score (nSPS) is 10.8. The van der Waals surface area contributed by atoms with Gasteiger partial charge in [0.05, 0.1) is 11.1 Å². The second-order valence-corrected chi connectivity index (χ2v) is 7.38. The number of nitrogens with one attached hydrogen (secondary N) is 1. The minimum Gasteiger partial charge on any atom is -0.492 e. The van der Waals surface area contributed by atoms with E-state index in [0.717, 1.165) is 22.2 Å². The molecule has 24 heavy (non-hydrogen) atoms. The Hall–Kier alpha value is -1.52. The molecule has 0 aromatic heterocycles. The SMILES string of the molecule is Cc1ccc(Cl)cc1NC(=O)c1ccc(OCCC(C)C)c(Br)c1. The number of aryl methyl sites for hydroxylation is 1. The smallest absolute Gasteiger partial charge is 0.255 e. The molecule has 2 aromatic carbocycles. The highest BCUT2D eigenvalue weighted by atomic mass is 79.9. The van der Waals surface area contributed by atoms with Gasteiger partial charge in [0, 0.05) is 16.3 Å². The maximum absolute atomic E-state index is 12.4. The Morgan fingerprint density at radius 2 is 2.00 bits per heavy atom. The summed E-state index contributed by atoms with van der Waals surface area (Å²) in [5, 5.41) is 3.48. The zero-order chi connectivity index (χ0) is 17.7. The molecule has 0 fully saturated rings. The van der Waals surface area contributed by atoms with E-state index in [-0.39, 0.29) is 5.91 Å². The first kappa shape index (κ1) is 18.8. The third kappa shape index (κ3) is 5.25. The van der Waals surface area contributed by atoms with Gasteiger partial charge < -0.3 is 10.1 Å². The van der Waals surface area contributed by atoms with Crippen molar-refractivity contribution in [1.82, 2.24) is 0 Å². The molecule has 0 aliphatic carbocycles. The van der Waals surface area contributed by atoms with E-state index < -0.39 is 0 Å². The van der Waals surface area contributed by atoms with Gasteiger partial charge in [-0.2, -0.15) is 0 Å². The first-order valence-corrected chi connectivity index (χ1v) is 9.03. The van der Waals surface area contributed by atoms with Gasteiger partial charge in [-0.15, -0.1) is 0 Å². The maximum atomic E-state index is 12.4. The van der Waals surface area contributed by atoms with Crippen molar-refractivity contribution in [1.29, 1.82) is 0 Å². The lowest BCUT2D eigenvalue weighted by atomic mass is 10.1. The Morgan fingerprint density at radius 3 is 2.67 bits per heavy atom. The average molecular weight is 411 g/mol. The Bertz CT molecular complexity index is 731. The van der Waals surface area contributed by atoms with E-state index in [1.807, 2.05) is 19.1 Å². The largest absolute Gasteiger partial charge is 0.492 e. The van der Waals surface area contributed by atoms with Gasteiger partial charge in [-0.1, -0.05) is 31.5 Å². The van der Waals surface area contributed by atoms with E-state index in [4.69, 9.17) is 16.3 Å².